The highest BCUT2D eigenvalue weighted by Gasteiger charge is 2.29. The first-order valence-electron chi connectivity index (χ1n) is 13.5. The van der Waals surface area contributed by atoms with E-state index in [9.17, 15) is 14.7 Å². The van der Waals surface area contributed by atoms with E-state index in [1.807, 2.05) is 93.6 Å². The smallest absolute Gasteiger partial charge is 0.313 e. The Morgan fingerprint density at radius 1 is 0.902 bits per heavy atom. The van der Waals surface area contributed by atoms with Gasteiger partial charge in [0.25, 0.3) is 5.91 Å². The topological polar surface area (TPSA) is 96.5 Å². The number of pyridine rings is 2. The summed E-state index contributed by atoms with van der Waals surface area (Å²) >= 11 is 0. The van der Waals surface area contributed by atoms with E-state index in [4.69, 9.17) is 4.42 Å². The van der Waals surface area contributed by atoms with Gasteiger partial charge in [0.15, 0.2) is 0 Å². The van der Waals surface area contributed by atoms with E-state index in [1.165, 1.54) is 0 Å². The first kappa shape index (κ1) is 27.8. The highest BCUT2D eigenvalue weighted by molar-refractivity contribution is 6.06. The molecule has 0 aliphatic carbocycles. The van der Waals surface area contributed by atoms with Crippen LogP contribution in [0.15, 0.2) is 83.4 Å². The van der Waals surface area contributed by atoms with Gasteiger partial charge in [-0.2, -0.15) is 0 Å². The number of fused-ring (bicyclic) bond motifs is 1. The molecule has 208 valence electrons. The fourth-order valence-electron chi connectivity index (χ4n) is 4.91. The Hall–Kier alpha value is -4.78. The standard InChI is InChI=1S/C34H33N3O4/c1-21-11-16-28(41-21)20-37(32(38)30-22(2)23(3)36-29-10-7-17-35-31(29)30)19-24-12-14-25(15-13-24)26-8-6-9-27(18-26)34(4,5)33(39)40/h6-18H,19-20H2,1-5H3,(H,39,40). The number of carboxylic acids is 1. The van der Waals surface area contributed by atoms with E-state index < -0.39 is 11.4 Å². The molecule has 0 spiro atoms. The van der Waals surface area contributed by atoms with Crippen molar-refractivity contribution in [2.75, 3.05) is 0 Å². The van der Waals surface area contributed by atoms with Gasteiger partial charge in [-0.15, -0.1) is 0 Å². The number of amides is 1. The van der Waals surface area contributed by atoms with Gasteiger partial charge < -0.3 is 14.4 Å². The number of aliphatic carboxylic acids is 1. The lowest BCUT2D eigenvalue weighted by atomic mass is 9.83. The maximum atomic E-state index is 14.2. The SMILES string of the molecule is Cc1ccc(CN(Cc2ccc(-c3cccc(C(C)(C)C(=O)O)c3)cc2)C(=O)c2c(C)c(C)nc3cccnc23)o1. The van der Waals surface area contributed by atoms with E-state index in [1.54, 1.807) is 24.9 Å². The Bertz CT molecular complexity index is 1750. The number of hydrogen-bond donors (Lipinski definition) is 1. The molecule has 3 heterocycles. The van der Waals surface area contributed by atoms with Crippen LogP contribution in [0.25, 0.3) is 22.2 Å². The Morgan fingerprint density at radius 3 is 2.34 bits per heavy atom. The van der Waals surface area contributed by atoms with Gasteiger partial charge in [0, 0.05) is 18.4 Å². The molecule has 0 atom stereocenters. The van der Waals surface area contributed by atoms with Gasteiger partial charge in [0.1, 0.15) is 17.0 Å². The summed E-state index contributed by atoms with van der Waals surface area (Å²) < 4.78 is 5.85. The Morgan fingerprint density at radius 2 is 1.66 bits per heavy atom. The van der Waals surface area contributed by atoms with E-state index in [-0.39, 0.29) is 5.91 Å². The summed E-state index contributed by atoms with van der Waals surface area (Å²) in [7, 11) is 0. The summed E-state index contributed by atoms with van der Waals surface area (Å²) in [6, 6.07) is 23.1. The van der Waals surface area contributed by atoms with E-state index >= 15 is 0 Å². The number of aromatic nitrogens is 2. The van der Waals surface area contributed by atoms with Crippen LogP contribution in [0.4, 0.5) is 0 Å². The third-order valence-electron chi connectivity index (χ3n) is 7.65. The maximum Gasteiger partial charge on any atom is 0.313 e. The Labute approximate surface area is 239 Å². The molecule has 5 aromatic rings. The number of rotatable bonds is 8. The largest absolute Gasteiger partial charge is 0.481 e. The molecule has 0 saturated heterocycles. The number of aryl methyl sites for hydroxylation is 2. The lowest BCUT2D eigenvalue weighted by Gasteiger charge is -2.24. The van der Waals surface area contributed by atoms with Gasteiger partial charge in [0.2, 0.25) is 0 Å². The number of carbonyl (C=O) groups excluding carboxylic acids is 1. The molecule has 1 amide bonds. The van der Waals surface area contributed by atoms with Crippen molar-refractivity contribution in [2.45, 2.75) is 53.1 Å². The van der Waals surface area contributed by atoms with Crippen LogP contribution >= 0.6 is 0 Å². The minimum atomic E-state index is -0.997. The lowest BCUT2D eigenvalue weighted by molar-refractivity contribution is -0.142. The van der Waals surface area contributed by atoms with Crippen LogP contribution in [0.2, 0.25) is 0 Å². The van der Waals surface area contributed by atoms with Crippen molar-refractivity contribution in [1.29, 1.82) is 0 Å². The molecule has 41 heavy (non-hydrogen) atoms. The summed E-state index contributed by atoms with van der Waals surface area (Å²) in [5.41, 5.74) is 6.01. The van der Waals surface area contributed by atoms with Gasteiger partial charge in [-0.05, 0) is 86.7 Å². The highest BCUT2D eigenvalue weighted by Crippen LogP contribution is 2.29. The van der Waals surface area contributed by atoms with Gasteiger partial charge in [-0.1, -0.05) is 48.5 Å². The molecule has 2 aromatic carbocycles. The molecule has 7 heteroatoms. The second-order valence-electron chi connectivity index (χ2n) is 10.9. The van der Waals surface area contributed by atoms with Gasteiger partial charge in [-0.25, -0.2) is 0 Å². The summed E-state index contributed by atoms with van der Waals surface area (Å²) in [4.78, 5) is 36.9. The van der Waals surface area contributed by atoms with E-state index in [0.29, 0.717) is 35.4 Å². The average Bonchev–Trinajstić information content (AvgIpc) is 3.37. The molecule has 0 saturated carbocycles. The number of nitrogens with zero attached hydrogens (tertiary/aromatic N) is 3. The van der Waals surface area contributed by atoms with Crippen molar-refractivity contribution in [3.05, 3.63) is 118 Å². The number of carbonyl (C=O) groups is 2. The van der Waals surface area contributed by atoms with E-state index in [2.05, 4.69) is 9.97 Å². The molecular formula is C34H33N3O4. The van der Waals surface area contributed by atoms with Crippen LogP contribution in [0.3, 0.4) is 0 Å². The molecule has 0 radical (unpaired) electrons. The molecule has 5 rings (SSSR count). The number of benzene rings is 2. The molecule has 3 aromatic heterocycles. The van der Waals surface area contributed by atoms with Crippen molar-refractivity contribution in [1.82, 2.24) is 14.9 Å². The van der Waals surface area contributed by atoms with Crippen LogP contribution in [0, 0.1) is 20.8 Å². The summed E-state index contributed by atoms with van der Waals surface area (Å²) in [6.07, 6.45) is 1.68. The summed E-state index contributed by atoms with van der Waals surface area (Å²) in [5.74, 6) is 0.474. The molecule has 0 aliphatic heterocycles. The third-order valence-corrected chi connectivity index (χ3v) is 7.65. The Kier molecular flexibility index (Phi) is 7.45. The predicted molar refractivity (Wildman–Crippen MR) is 159 cm³/mol. The molecule has 7 nitrogen and oxygen atoms in total. The number of carboxylic acid groups (broad SMARTS) is 1. The predicted octanol–water partition coefficient (Wildman–Crippen LogP) is 7.02. The van der Waals surface area contributed by atoms with Crippen molar-refractivity contribution in [3.8, 4) is 11.1 Å². The van der Waals surface area contributed by atoms with Crippen LogP contribution in [0.1, 0.15) is 58.1 Å². The third kappa shape index (κ3) is 5.61. The molecule has 0 aliphatic rings. The van der Waals surface area contributed by atoms with Gasteiger partial charge >= 0.3 is 5.97 Å². The molecule has 0 unspecified atom stereocenters. The van der Waals surface area contributed by atoms with Crippen molar-refractivity contribution >= 4 is 22.9 Å². The van der Waals surface area contributed by atoms with Gasteiger partial charge in [0.05, 0.1) is 23.0 Å². The van der Waals surface area contributed by atoms with Crippen LogP contribution in [-0.2, 0) is 23.3 Å². The van der Waals surface area contributed by atoms with Crippen molar-refractivity contribution in [3.63, 3.8) is 0 Å². The fraction of sp³-hybridized carbons (Fsp3) is 0.235. The average molecular weight is 548 g/mol. The monoisotopic (exact) mass is 547 g/mol. The first-order chi connectivity index (χ1) is 19.5. The minimum Gasteiger partial charge on any atom is -0.481 e. The quantitative estimate of drug-likeness (QED) is 0.224. The highest BCUT2D eigenvalue weighted by atomic mass is 16.4. The second kappa shape index (κ2) is 11.0. The summed E-state index contributed by atoms with van der Waals surface area (Å²) in [5, 5.41) is 9.66. The Balaban J connectivity index is 1.48. The van der Waals surface area contributed by atoms with Gasteiger partial charge in [-0.3, -0.25) is 19.6 Å². The lowest BCUT2D eigenvalue weighted by Crippen LogP contribution is -2.31. The van der Waals surface area contributed by atoms with Crippen molar-refractivity contribution in [2.24, 2.45) is 0 Å². The molecule has 0 fully saturated rings. The minimum absolute atomic E-state index is 0.140. The first-order valence-corrected chi connectivity index (χ1v) is 13.5. The van der Waals surface area contributed by atoms with E-state index in [0.717, 1.165) is 39.3 Å². The maximum absolute atomic E-state index is 14.2. The zero-order valence-corrected chi connectivity index (χ0v) is 23.9. The molecule has 0 bridgehead atoms. The number of hydrogen-bond acceptors (Lipinski definition) is 5. The van der Waals surface area contributed by atoms with Crippen LogP contribution in [-0.4, -0.2) is 31.9 Å². The van der Waals surface area contributed by atoms with Crippen LogP contribution in [0.5, 0.6) is 0 Å². The van der Waals surface area contributed by atoms with Crippen LogP contribution < -0.4 is 0 Å². The van der Waals surface area contributed by atoms with Crippen molar-refractivity contribution < 1.29 is 19.1 Å². The normalized spacial score (nSPS) is 11.5. The zero-order chi connectivity index (χ0) is 29.3. The fourth-order valence-corrected chi connectivity index (χ4v) is 4.91. The molecular weight excluding hydrogens is 514 g/mol. The summed E-state index contributed by atoms with van der Waals surface area (Å²) in [6.45, 7) is 9.77. The molecule has 1 N–H and O–H groups in total. The second-order valence-corrected chi connectivity index (χ2v) is 10.9. The zero-order valence-electron chi connectivity index (χ0n) is 23.9. The number of furan rings is 1.